The standard InChI is InChI=1S/C21H22N4O4S3/c26-19-15(12-16-20(27)25(21(30)31-16)14-7-11-32(28,29)13-14)18(23-8-3-1-4-9-23)22-17-6-2-5-10-24(17)19/h2,5-6,10,12,14H,1,3-4,7-9,11,13H2/b16-12+/t14-/m1/s1. The van der Waals surface area contributed by atoms with Gasteiger partial charge in [0.1, 0.15) is 15.8 Å². The lowest BCUT2D eigenvalue weighted by Gasteiger charge is -2.29. The molecule has 8 nitrogen and oxygen atoms in total. The van der Waals surface area contributed by atoms with Crippen molar-refractivity contribution in [1.29, 1.82) is 0 Å². The van der Waals surface area contributed by atoms with E-state index < -0.39 is 15.9 Å². The number of carbonyl (C=O) groups is 1. The number of piperidine rings is 1. The second-order valence-electron chi connectivity index (χ2n) is 8.24. The van der Waals surface area contributed by atoms with Crippen LogP contribution in [0, 0.1) is 0 Å². The number of carbonyl (C=O) groups excluding carboxylic acids is 1. The van der Waals surface area contributed by atoms with Gasteiger partial charge in [0.05, 0.1) is 28.0 Å². The predicted octanol–water partition coefficient (Wildman–Crippen LogP) is 2.07. The summed E-state index contributed by atoms with van der Waals surface area (Å²) in [6.07, 6.45) is 6.81. The topological polar surface area (TPSA) is 92.1 Å². The molecule has 1 amide bonds. The van der Waals surface area contributed by atoms with Gasteiger partial charge in [-0.15, -0.1) is 0 Å². The molecule has 3 saturated heterocycles. The highest BCUT2D eigenvalue weighted by Gasteiger charge is 2.42. The molecular weight excluding hydrogens is 468 g/mol. The molecule has 0 radical (unpaired) electrons. The summed E-state index contributed by atoms with van der Waals surface area (Å²) in [4.78, 5) is 35.2. The fourth-order valence-corrected chi connectivity index (χ4v) is 7.55. The van der Waals surface area contributed by atoms with E-state index in [0.29, 0.717) is 32.7 Å². The van der Waals surface area contributed by atoms with Gasteiger partial charge in [-0.2, -0.15) is 0 Å². The summed E-state index contributed by atoms with van der Waals surface area (Å²) in [5, 5.41) is 0. The van der Waals surface area contributed by atoms with Crippen molar-refractivity contribution in [3.63, 3.8) is 0 Å². The third-order valence-corrected chi connectivity index (χ3v) is 9.16. The van der Waals surface area contributed by atoms with E-state index >= 15 is 0 Å². The summed E-state index contributed by atoms with van der Waals surface area (Å²) in [6.45, 7) is 1.61. The van der Waals surface area contributed by atoms with E-state index in [9.17, 15) is 18.0 Å². The van der Waals surface area contributed by atoms with Crippen molar-refractivity contribution < 1.29 is 13.2 Å². The molecule has 0 spiro atoms. The largest absolute Gasteiger partial charge is 0.356 e. The highest BCUT2D eigenvalue weighted by Crippen LogP contribution is 2.37. The Hall–Kier alpha value is -2.24. The minimum Gasteiger partial charge on any atom is -0.356 e. The molecule has 1 atom stereocenters. The van der Waals surface area contributed by atoms with Gasteiger partial charge in [-0.05, 0) is 43.9 Å². The van der Waals surface area contributed by atoms with Crippen LogP contribution in [0.2, 0.25) is 0 Å². The molecule has 2 aromatic rings. The van der Waals surface area contributed by atoms with E-state index in [1.165, 1.54) is 9.30 Å². The van der Waals surface area contributed by atoms with Crippen LogP contribution in [-0.2, 0) is 14.6 Å². The average Bonchev–Trinajstić information content (AvgIpc) is 3.27. The van der Waals surface area contributed by atoms with Crippen LogP contribution < -0.4 is 10.5 Å². The fraction of sp³-hybridized carbons (Fsp3) is 0.429. The maximum Gasteiger partial charge on any atom is 0.267 e. The van der Waals surface area contributed by atoms with E-state index in [0.717, 1.165) is 44.1 Å². The van der Waals surface area contributed by atoms with Crippen molar-refractivity contribution in [3.8, 4) is 0 Å². The molecule has 0 unspecified atom stereocenters. The molecule has 5 heterocycles. The highest BCUT2D eigenvalue weighted by molar-refractivity contribution is 8.26. The summed E-state index contributed by atoms with van der Waals surface area (Å²) in [5.74, 6) is 0.216. The SMILES string of the molecule is O=C1/C(=C\c2c(N3CCCCC3)nc3ccccn3c2=O)SC(=S)N1[C@@H]1CCS(=O)(=O)C1. The number of hydrogen-bond donors (Lipinski definition) is 0. The Morgan fingerprint density at radius 1 is 1.16 bits per heavy atom. The van der Waals surface area contributed by atoms with Gasteiger partial charge in [0.2, 0.25) is 0 Å². The molecule has 0 aromatic carbocycles. The van der Waals surface area contributed by atoms with E-state index in [1.807, 2.05) is 6.07 Å². The van der Waals surface area contributed by atoms with Crippen molar-refractivity contribution in [2.24, 2.45) is 0 Å². The summed E-state index contributed by atoms with van der Waals surface area (Å²) >= 11 is 6.53. The zero-order valence-corrected chi connectivity index (χ0v) is 19.7. The zero-order valence-electron chi connectivity index (χ0n) is 17.3. The van der Waals surface area contributed by atoms with Gasteiger partial charge in [0.25, 0.3) is 11.5 Å². The first-order valence-electron chi connectivity index (χ1n) is 10.6. The van der Waals surface area contributed by atoms with Gasteiger partial charge < -0.3 is 4.90 Å². The van der Waals surface area contributed by atoms with Crippen molar-refractivity contribution in [2.75, 3.05) is 29.5 Å². The lowest BCUT2D eigenvalue weighted by atomic mass is 10.1. The van der Waals surface area contributed by atoms with Gasteiger partial charge in [0.15, 0.2) is 9.84 Å². The molecule has 5 rings (SSSR count). The number of sulfone groups is 1. The average molecular weight is 491 g/mol. The van der Waals surface area contributed by atoms with Crippen LogP contribution in [0.5, 0.6) is 0 Å². The molecule has 2 aromatic heterocycles. The van der Waals surface area contributed by atoms with Crippen LogP contribution in [0.15, 0.2) is 34.1 Å². The van der Waals surface area contributed by atoms with Crippen LogP contribution in [0.3, 0.4) is 0 Å². The number of aromatic nitrogens is 2. The number of anilines is 1. The normalized spacial score (nSPS) is 24.8. The highest BCUT2D eigenvalue weighted by atomic mass is 32.2. The monoisotopic (exact) mass is 490 g/mol. The van der Waals surface area contributed by atoms with Gasteiger partial charge in [-0.1, -0.05) is 30.0 Å². The number of nitrogens with zero attached hydrogens (tertiary/aromatic N) is 4. The molecule has 0 saturated carbocycles. The molecule has 3 aliphatic rings. The van der Waals surface area contributed by atoms with E-state index in [2.05, 4.69) is 4.90 Å². The summed E-state index contributed by atoms with van der Waals surface area (Å²) in [7, 11) is -3.16. The predicted molar refractivity (Wildman–Crippen MR) is 130 cm³/mol. The Labute approximate surface area is 195 Å². The molecule has 168 valence electrons. The number of amides is 1. The number of pyridine rings is 1. The number of hydrogen-bond acceptors (Lipinski definition) is 8. The number of thiocarbonyl (C=S) groups is 1. The van der Waals surface area contributed by atoms with E-state index in [-0.39, 0.29) is 23.0 Å². The summed E-state index contributed by atoms with van der Waals surface area (Å²) in [5.41, 5.74) is 0.666. The first-order chi connectivity index (χ1) is 15.3. The first kappa shape index (κ1) is 21.6. The molecule has 3 fully saturated rings. The van der Waals surface area contributed by atoms with Crippen LogP contribution in [0.1, 0.15) is 31.2 Å². The Kier molecular flexibility index (Phi) is 5.58. The summed E-state index contributed by atoms with van der Waals surface area (Å²) < 4.78 is 25.6. The molecule has 0 aliphatic carbocycles. The number of rotatable bonds is 3. The van der Waals surface area contributed by atoms with Gasteiger partial charge in [0, 0.05) is 19.3 Å². The second-order valence-corrected chi connectivity index (χ2v) is 12.1. The minimum absolute atomic E-state index is 0.0584. The molecule has 0 N–H and O–H groups in total. The maximum atomic E-state index is 13.4. The van der Waals surface area contributed by atoms with Crippen LogP contribution in [-0.4, -0.2) is 63.6 Å². The van der Waals surface area contributed by atoms with Crippen molar-refractivity contribution in [3.05, 3.63) is 45.2 Å². The minimum atomic E-state index is -3.16. The van der Waals surface area contributed by atoms with Crippen molar-refractivity contribution >= 4 is 61.6 Å². The summed E-state index contributed by atoms with van der Waals surface area (Å²) in [6, 6.07) is 4.94. The van der Waals surface area contributed by atoms with Gasteiger partial charge >= 0.3 is 0 Å². The van der Waals surface area contributed by atoms with Crippen LogP contribution in [0.25, 0.3) is 11.7 Å². The number of thioether (sulfide) groups is 1. The molecule has 11 heteroatoms. The van der Waals surface area contributed by atoms with Gasteiger partial charge in [-0.3, -0.25) is 18.9 Å². The van der Waals surface area contributed by atoms with Gasteiger partial charge in [-0.25, -0.2) is 13.4 Å². The molecule has 32 heavy (non-hydrogen) atoms. The Morgan fingerprint density at radius 3 is 2.66 bits per heavy atom. The maximum absolute atomic E-state index is 13.4. The quantitative estimate of drug-likeness (QED) is 0.477. The first-order valence-corrected chi connectivity index (χ1v) is 13.6. The van der Waals surface area contributed by atoms with Crippen LogP contribution in [0.4, 0.5) is 5.82 Å². The molecule has 3 aliphatic heterocycles. The van der Waals surface area contributed by atoms with E-state index in [4.69, 9.17) is 17.2 Å². The zero-order chi connectivity index (χ0) is 22.5. The second kappa shape index (κ2) is 8.27. The molecular formula is C21H22N4O4S3. The van der Waals surface area contributed by atoms with Crippen molar-refractivity contribution in [1.82, 2.24) is 14.3 Å². The van der Waals surface area contributed by atoms with E-state index in [1.54, 1.807) is 24.4 Å². The third kappa shape index (κ3) is 3.86. The fourth-order valence-electron chi connectivity index (χ4n) is 4.47. The van der Waals surface area contributed by atoms with Crippen molar-refractivity contribution in [2.45, 2.75) is 31.7 Å². The van der Waals surface area contributed by atoms with Crippen LogP contribution >= 0.6 is 24.0 Å². The third-order valence-electron chi connectivity index (χ3n) is 6.08. The Bertz CT molecular complexity index is 1310. The lowest BCUT2D eigenvalue weighted by molar-refractivity contribution is -0.123. The smallest absolute Gasteiger partial charge is 0.267 e. The number of fused-ring (bicyclic) bond motifs is 1. The Balaban J connectivity index is 1.58. The molecule has 0 bridgehead atoms. The lowest BCUT2D eigenvalue weighted by Crippen LogP contribution is -2.39. The Morgan fingerprint density at radius 2 is 1.94 bits per heavy atom.